The standard InChI is InChI=1S/C22H30N6O2/c1-2-3-6-9-24-22(29)18-19-21(26-17-8-5-4-7-16(17)25-19)28(20(18)23)11-10-27-12-14-30-15-13-27/h4-5,7-8H,2-3,6,9-15,23H2,1H3,(H,24,29). The predicted octanol–water partition coefficient (Wildman–Crippen LogP) is 2.42. The topological polar surface area (TPSA) is 98.3 Å². The fraction of sp³-hybridized carbons (Fsp3) is 0.500. The van der Waals surface area contributed by atoms with Crippen molar-refractivity contribution in [3.05, 3.63) is 29.8 Å². The van der Waals surface area contributed by atoms with Crippen molar-refractivity contribution < 1.29 is 9.53 Å². The minimum absolute atomic E-state index is 0.177. The van der Waals surface area contributed by atoms with Gasteiger partial charge in [0, 0.05) is 32.7 Å². The summed E-state index contributed by atoms with van der Waals surface area (Å²) in [7, 11) is 0. The van der Waals surface area contributed by atoms with Gasteiger partial charge in [-0.15, -0.1) is 0 Å². The second-order valence-corrected chi connectivity index (χ2v) is 7.71. The molecule has 3 N–H and O–H groups in total. The maximum absolute atomic E-state index is 13.0. The smallest absolute Gasteiger partial charge is 0.257 e. The number of anilines is 1. The molecule has 0 bridgehead atoms. The van der Waals surface area contributed by atoms with E-state index >= 15 is 0 Å². The maximum Gasteiger partial charge on any atom is 0.257 e. The van der Waals surface area contributed by atoms with Crippen LogP contribution in [-0.4, -0.2) is 64.7 Å². The molecule has 1 fully saturated rings. The highest BCUT2D eigenvalue weighted by Gasteiger charge is 2.24. The molecule has 1 aliphatic rings. The molecule has 0 atom stereocenters. The number of amides is 1. The van der Waals surface area contributed by atoms with E-state index in [2.05, 4.69) is 17.1 Å². The molecule has 1 amide bonds. The Morgan fingerprint density at radius 2 is 1.87 bits per heavy atom. The SMILES string of the molecule is CCCCCNC(=O)c1c(N)n(CCN2CCOCC2)c2nc3ccccc3nc12. The molecule has 0 unspecified atom stereocenters. The van der Waals surface area contributed by atoms with E-state index in [-0.39, 0.29) is 5.91 Å². The zero-order valence-corrected chi connectivity index (χ0v) is 17.6. The fourth-order valence-corrected chi connectivity index (χ4v) is 3.90. The Morgan fingerprint density at radius 3 is 2.60 bits per heavy atom. The first-order chi connectivity index (χ1) is 14.7. The highest BCUT2D eigenvalue weighted by atomic mass is 16.5. The number of rotatable bonds is 8. The lowest BCUT2D eigenvalue weighted by atomic mass is 10.2. The number of unbranched alkanes of at least 4 members (excludes halogenated alkanes) is 2. The summed E-state index contributed by atoms with van der Waals surface area (Å²) >= 11 is 0. The third-order valence-electron chi connectivity index (χ3n) is 5.63. The van der Waals surface area contributed by atoms with Crippen molar-refractivity contribution >= 4 is 33.9 Å². The number of hydrogen-bond acceptors (Lipinski definition) is 6. The van der Waals surface area contributed by atoms with Crippen molar-refractivity contribution in [1.29, 1.82) is 0 Å². The first kappa shape index (κ1) is 20.6. The summed E-state index contributed by atoms with van der Waals surface area (Å²) in [5.74, 6) is 0.255. The van der Waals surface area contributed by atoms with Gasteiger partial charge in [-0.1, -0.05) is 31.9 Å². The number of para-hydroxylation sites is 2. The summed E-state index contributed by atoms with van der Waals surface area (Å²) in [5, 5.41) is 3.01. The summed E-state index contributed by atoms with van der Waals surface area (Å²) in [6.07, 6.45) is 3.14. The Balaban J connectivity index is 1.68. The van der Waals surface area contributed by atoms with E-state index in [1.54, 1.807) is 0 Å². The van der Waals surface area contributed by atoms with Crippen LogP contribution in [0.2, 0.25) is 0 Å². The molecule has 1 aliphatic heterocycles. The van der Waals surface area contributed by atoms with Crippen molar-refractivity contribution in [2.24, 2.45) is 0 Å². The van der Waals surface area contributed by atoms with Gasteiger partial charge >= 0.3 is 0 Å². The lowest BCUT2D eigenvalue weighted by Crippen LogP contribution is -2.38. The molecule has 0 radical (unpaired) electrons. The molecule has 160 valence electrons. The molecular weight excluding hydrogens is 380 g/mol. The number of nitrogens with two attached hydrogens (primary N) is 1. The van der Waals surface area contributed by atoms with Crippen molar-refractivity contribution in [2.45, 2.75) is 32.7 Å². The van der Waals surface area contributed by atoms with Crippen LogP contribution in [-0.2, 0) is 11.3 Å². The second kappa shape index (κ2) is 9.40. The van der Waals surface area contributed by atoms with Crippen molar-refractivity contribution in [1.82, 2.24) is 24.8 Å². The number of nitrogen functional groups attached to an aromatic ring is 1. The molecule has 30 heavy (non-hydrogen) atoms. The average molecular weight is 411 g/mol. The number of benzene rings is 1. The van der Waals surface area contributed by atoms with Gasteiger partial charge in [-0.05, 0) is 18.6 Å². The van der Waals surface area contributed by atoms with Gasteiger partial charge in [0.1, 0.15) is 16.9 Å². The molecule has 1 aromatic carbocycles. The lowest BCUT2D eigenvalue weighted by Gasteiger charge is -2.26. The van der Waals surface area contributed by atoms with Crippen LogP contribution in [0.25, 0.3) is 22.2 Å². The Hall–Kier alpha value is -2.71. The molecule has 0 aliphatic carbocycles. The molecule has 3 aromatic rings. The van der Waals surface area contributed by atoms with Crippen LogP contribution in [0.4, 0.5) is 5.82 Å². The maximum atomic E-state index is 13.0. The number of aromatic nitrogens is 3. The van der Waals surface area contributed by atoms with Crippen molar-refractivity contribution in [3.63, 3.8) is 0 Å². The molecule has 2 aromatic heterocycles. The number of nitrogens with zero attached hydrogens (tertiary/aromatic N) is 4. The molecule has 1 saturated heterocycles. The Kier molecular flexibility index (Phi) is 6.44. The van der Waals surface area contributed by atoms with Gasteiger partial charge in [-0.2, -0.15) is 0 Å². The van der Waals surface area contributed by atoms with Gasteiger partial charge in [0.15, 0.2) is 5.65 Å². The van der Waals surface area contributed by atoms with Crippen LogP contribution in [0.3, 0.4) is 0 Å². The first-order valence-corrected chi connectivity index (χ1v) is 10.8. The average Bonchev–Trinajstić information content (AvgIpc) is 3.04. The molecule has 0 spiro atoms. The van der Waals surface area contributed by atoms with Gasteiger partial charge in [-0.3, -0.25) is 9.69 Å². The van der Waals surface area contributed by atoms with Crippen LogP contribution in [0.5, 0.6) is 0 Å². The number of hydrogen-bond donors (Lipinski definition) is 2. The molecule has 0 saturated carbocycles. The Bertz CT molecular complexity index is 1030. The largest absolute Gasteiger partial charge is 0.384 e. The number of fused-ring (bicyclic) bond motifs is 2. The van der Waals surface area contributed by atoms with E-state index in [9.17, 15) is 4.79 Å². The lowest BCUT2D eigenvalue weighted by molar-refractivity contribution is 0.0366. The van der Waals surface area contributed by atoms with Crippen molar-refractivity contribution in [3.8, 4) is 0 Å². The monoisotopic (exact) mass is 410 g/mol. The normalized spacial score (nSPS) is 15.1. The summed E-state index contributed by atoms with van der Waals surface area (Å²) in [4.78, 5) is 24.9. The zero-order chi connectivity index (χ0) is 20.9. The van der Waals surface area contributed by atoms with E-state index in [4.69, 9.17) is 20.4 Å². The van der Waals surface area contributed by atoms with E-state index < -0.39 is 0 Å². The predicted molar refractivity (Wildman–Crippen MR) is 119 cm³/mol. The van der Waals surface area contributed by atoms with E-state index in [0.717, 1.165) is 63.1 Å². The third-order valence-corrected chi connectivity index (χ3v) is 5.63. The number of carbonyl (C=O) groups is 1. The van der Waals surface area contributed by atoms with E-state index in [1.807, 2.05) is 28.8 Å². The minimum atomic E-state index is -0.177. The quantitative estimate of drug-likeness (QED) is 0.554. The van der Waals surface area contributed by atoms with E-state index in [1.165, 1.54) is 0 Å². The zero-order valence-electron chi connectivity index (χ0n) is 17.6. The summed E-state index contributed by atoms with van der Waals surface area (Å²) < 4.78 is 7.37. The third kappa shape index (κ3) is 4.24. The first-order valence-electron chi connectivity index (χ1n) is 10.8. The fourth-order valence-electron chi connectivity index (χ4n) is 3.90. The molecule has 8 heteroatoms. The molecular formula is C22H30N6O2. The number of ether oxygens (including phenoxy) is 1. The van der Waals surface area contributed by atoms with Crippen LogP contribution in [0, 0.1) is 0 Å². The van der Waals surface area contributed by atoms with Crippen LogP contribution >= 0.6 is 0 Å². The minimum Gasteiger partial charge on any atom is -0.384 e. The molecule has 8 nitrogen and oxygen atoms in total. The number of morpholine rings is 1. The number of nitrogens with one attached hydrogen (secondary N) is 1. The summed E-state index contributed by atoms with van der Waals surface area (Å²) in [6.45, 7) is 7.55. The highest BCUT2D eigenvalue weighted by Crippen LogP contribution is 2.28. The molecule has 4 rings (SSSR count). The van der Waals surface area contributed by atoms with Crippen LogP contribution in [0.1, 0.15) is 36.5 Å². The van der Waals surface area contributed by atoms with Gasteiger partial charge in [0.25, 0.3) is 5.91 Å². The highest BCUT2D eigenvalue weighted by molar-refractivity contribution is 6.10. The summed E-state index contributed by atoms with van der Waals surface area (Å²) in [5.41, 5.74) is 9.73. The van der Waals surface area contributed by atoms with Crippen LogP contribution in [0.15, 0.2) is 24.3 Å². The Morgan fingerprint density at radius 1 is 1.13 bits per heavy atom. The van der Waals surface area contributed by atoms with Gasteiger partial charge < -0.3 is 20.4 Å². The Labute approximate surface area is 176 Å². The second-order valence-electron chi connectivity index (χ2n) is 7.71. The van der Waals surface area contributed by atoms with E-state index in [0.29, 0.717) is 35.6 Å². The van der Waals surface area contributed by atoms with Gasteiger partial charge in [0.2, 0.25) is 0 Å². The molecule has 3 heterocycles. The summed E-state index contributed by atoms with van der Waals surface area (Å²) in [6, 6.07) is 7.70. The van der Waals surface area contributed by atoms with Crippen LogP contribution < -0.4 is 11.1 Å². The van der Waals surface area contributed by atoms with Crippen molar-refractivity contribution in [2.75, 3.05) is 45.1 Å². The number of carbonyl (C=O) groups excluding carboxylic acids is 1. The van der Waals surface area contributed by atoms with Gasteiger partial charge in [-0.25, -0.2) is 9.97 Å². The van der Waals surface area contributed by atoms with Gasteiger partial charge in [0.05, 0.1) is 24.2 Å².